The molecule has 0 spiro atoms. The number of hydrogen-bond acceptors (Lipinski definition) is 3. The van der Waals surface area contributed by atoms with E-state index in [9.17, 15) is 4.79 Å². The van der Waals surface area contributed by atoms with E-state index in [1.54, 1.807) is 6.92 Å². The van der Waals surface area contributed by atoms with Crippen LogP contribution < -0.4 is 5.73 Å². The Kier molecular flexibility index (Phi) is 2.40. The monoisotopic (exact) mass is 166 g/mol. The number of rotatable bonds is 2. The summed E-state index contributed by atoms with van der Waals surface area (Å²) >= 11 is 0. The first-order valence-electron chi connectivity index (χ1n) is 3.55. The Labute approximate surface area is 70.0 Å². The Hall–Kier alpha value is -1.42. The van der Waals surface area contributed by atoms with Crippen molar-refractivity contribution in [3.8, 4) is 0 Å². The molecule has 0 aliphatic heterocycles. The van der Waals surface area contributed by atoms with Crippen molar-refractivity contribution in [1.29, 1.82) is 0 Å². The molecular formula is C8H10N2O2. The Bertz CT molecular complexity index is 297. The van der Waals surface area contributed by atoms with Crippen LogP contribution >= 0.6 is 0 Å². The molecule has 4 heteroatoms. The highest BCUT2D eigenvalue weighted by molar-refractivity contribution is 5.92. The predicted molar refractivity (Wildman–Crippen MR) is 43.4 cm³/mol. The highest BCUT2D eigenvalue weighted by Gasteiger charge is 2.05. The summed E-state index contributed by atoms with van der Waals surface area (Å²) in [5.74, 6) is -0.515. The Morgan fingerprint density at radius 3 is 2.92 bits per heavy atom. The third-order valence-electron chi connectivity index (χ3n) is 1.49. The van der Waals surface area contributed by atoms with E-state index in [4.69, 9.17) is 10.8 Å². The van der Waals surface area contributed by atoms with Gasteiger partial charge >= 0.3 is 0 Å². The lowest BCUT2D eigenvalue weighted by Crippen LogP contribution is -2.11. The minimum absolute atomic E-state index is 0.362. The molecule has 1 atom stereocenters. The summed E-state index contributed by atoms with van der Waals surface area (Å²) in [6, 6.07) is 2.99. The maximum Gasteiger partial charge on any atom is 0.248 e. The van der Waals surface area contributed by atoms with Crippen LogP contribution in [0.5, 0.6) is 0 Å². The van der Waals surface area contributed by atoms with Crippen LogP contribution in [0.15, 0.2) is 18.3 Å². The first-order chi connectivity index (χ1) is 5.61. The van der Waals surface area contributed by atoms with E-state index in [0.717, 1.165) is 0 Å². The minimum atomic E-state index is -0.677. The third-order valence-corrected chi connectivity index (χ3v) is 1.49. The minimum Gasteiger partial charge on any atom is -0.387 e. The summed E-state index contributed by atoms with van der Waals surface area (Å²) < 4.78 is 0. The molecular weight excluding hydrogens is 156 g/mol. The van der Waals surface area contributed by atoms with Gasteiger partial charge in [0.2, 0.25) is 5.91 Å². The molecule has 1 amide bonds. The average Bonchev–Trinajstić information content (AvgIpc) is 2.04. The number of aliphatic hydroxyl groups is 1. The first-order valence-corrected chi connectivity index (χ1v) is 3.55. The van der Waals surface area contributed by atoms with Crippen LogP contribution in [0.1, 0.15) is 29.1 Å². The second-order valence-corrected chi connectivity index (χ2v) is 2.51. The molecule has 12 heavy (non-hydrogen) atoms. The van der Waals surface area contributed by atoms with Gasteiger partial charge in [-0.2, -0.15) is 0 Å². The van der Waals surface area contributed by atoms with Gasteiger partial charge in [-0.3, -0.25) is 9.78 Å². The summed E-state index contributed by atoms with van der Waals surface area (Å²) in [5.41, 5.74) is 5.85. The van der Waals surface area contributed by atoms with Gasteiger partial charge in [-0.05, 0) is 19.1 Å². The SMILES string of the molecule is CC(O)c1cc(C(N)=O)ccn1. The molecule has 64 valence electrons. The van der Waals surface area contributed by atoms with Crippen molar-refractivity contribution < 1.29 is 9.90 Å². The Balaban J connectivity index is 3.04. The number of nitrogens with zero attached hydrogens (tertiary/aromatic N) is 1. The number of carbonyl (C=O) groups excluding carboxylic acids is 1. The fourth-order valence-electron chi connectivity index (χ4n) is 0.830. The maximum absolute atomic E-state index is 10.7. The zero-order valence-corrected chi connectivity index (χ0v) is 6.69. The highest BCUT2D eigenvalue weighted by Crippen LogP contribution is 2.09. The number of aliphatic hydroxyl groups excluding tert-OH is 1. The maximum atomic E-state index is 10.7. The van der Waals surface area contributed by atoms with Gasteiger partial charge in [0, 0.05) is 11.8 Å². The highest BCUT2D eigenvalue weighted by atomic mass is 16.3. The summed E-state index contributed by atoms with van der Waals surface area (Å²) in [5, 5.41) is 9.12. The van der Waals surface area contributed by atoms with Crippen LogP contribution in [0.4, 0.5) is 0 Å². The molecule has 3 N–H and O–H groups in total. The molecule has 0 fully saturated rings. The second kappa shape index (κ2) is 3.32. The van der Waals surface area contributed by atoms with Crippen LogP contribution in [-0.4, -0.2) is 16.0 Å². The van der Waals surface area contributed by atoms with E-state index < -0.39 is 12.0 Å². The van der Waals surface area contributed by atoms with E-state index in [1.807, 2.05) is 0 Å². The number of hydrogen-bond donors (Lipinski definition) is 2. The van der Waals surface area contributed by atoms with E-state index in [2.05, 4.69) is 4.98 Å². The third kappa shape index (κ3) is 1.79. The average molecular weight is 166 g/mol. The summed E-state index contributed by atoms with van der Waals surface area (Å²) in [4.78, 5) is 14.6. The normalized spacial score (nSPS) is 12.5. The van der Waals surface area contributed by atoms with E-state index >= 15 is 0 Å². The van der Waals surface area contributed by atoms with Gasteiger partial charge in [0.15, 0.2) is 0 Å². The molecule has 1 heterocycles. The molecule has 1 aromatic rings. The second-order valence-electron chi connectivity index (χ2n) is 2.51. The van der Waals surface area contributed by atoms with Crippen molar-refractivity contribution in [2.45, 2.75) is 13.0 Å². The fraction of sp³-hybridized carbons (Fsp3) is 0.250. The van der Waals surface area contributed by atoms with Crippen molar-refractivity contribution in [3.63, 3.8) is 0 Å². The lowest BCUT2D eigenvalue weighted by atomic mass is 10.2. The molecule has 0 aliphatic rings. The summed E-state index contributed by atoms with van der Waals surface area (Å²) in [6.45, 7) is 1.58. The van der Waals surface area contributed by atoms with E-state index in [0.29, 0.717) is 11.3 Å². The molecule has 4 nitrogen and oxygen atoms in total. The largest absolute Gasteiger partial charge is 0.387 e. The molecule has 0 aromatic carbocycles. The molecule has 0 bridgehead atoms. The van der Waals surface area contributed by atoms with Gasteiger partial charge in [-0.15, -0.1) is 0 Å². The topological polar surface area (TPSA) is 76.2 Å². The number of primary amides is 1. The van der Waals surface area contributed by atoms with Crippen LogP contribution in [0, 0.1) is 0 Å². The number of pyridine rings is 1. The van der Waals surface area contributed by atoms with Crippen LogP contribution in [0.2, 0.25) is 0 Å². The molecule has 1 rings (SSSR count). The lowest BCUT2D eigenvalue weighted by Gasteiger charge is -2.03. The molecule has 0 aliphatic carbocycles. The van der Waals surface area contributed by atoms with Crippen molar-refractivity contribution in [3.05, 3.63) is 29.6 Å². The first kappa shape index (κ1) is 8.67. The standard InChI is InChI=1S/C8H10N2O2/c1-5(11)7-4-6(8(9)12)2-3-10-7/h2-5,11H,1H3,(H2,9,12). The van der Waals surface area contributed by atoms with E-state index in [-0.39, 0.29) is 0 Å². The summed E-state index contributed by atoms with van der Waals surface area (Å²) in [7, 11) is 0. The number of amides is 1. The van der Waals surface area contributed by atoms with Gasteiger partial charge < -0.3 is 10.8 Å². The van der Waals surface area contributed by atoms with Crippen molar-refractivity contribution >= 4 is 5.91 Å². The van der Waals surface area contributed by atoms with Gasteiger partial charge in [0.1, 0.15) is 0 Å². The molecule has 1 aromatic heterocycles. The van der Waals surface area contributed by atoms with Gasteiger partial charge in [0.25, 0.3) is 0 Å². The number of carbonyl (C=O) groups is 1. The van der Waals surface area contributed by atoms with Crippen molar-refractivity contribution in [1.82, 2.24) is 4.98 Å². The zero-order chi connectivity index (χ0) is 9.14. The van der Waals surface area contributed by atoms with Crippen LogP contribution in [0.3, 0.4) is 0 Å². The quantitative estimate of drug-likeness (QED) is 0.660. The predicted octanol–water partition coefficient (Wildman–Crippen LogP) is 0.234. The lowest BCUT2D eigenvalue weighted by molar-refractivity contribution is 0.1000. The van der Waals surface area contributed by atoms with Crippen molar-refractivity contribution in [2.24, 2.45) is 5.73 Å². The Morgan fingerprint density at radius 1 is 1.75 bits per heavy atom. The summed E-state index contributed by atoms with van der Waals surface area (Å²) in [6.07, 6.45) is 0.770. The van der Waals surface area contributed by atoms with Crippen LogP contribution in [-0.2, 0) is 0 Å². The van der Waals surface area contributed by atoms with Crippen LogP contribution in [0.25, 0.3) is 0 Å². The van der Waals surface area contributed by atoms with Gasteiger partial charge in [0.05, 0.1) is 11.8 Å². The molecule has 0 saturated heterocycles. The molecule has 1 unspecified atom stereocenters. The van der Waals surface area contributed by atoms with E-state index in [1.165, 1.54) is 18.3 Å². The molecule has 0 saturated carbocycles. The zero-order valence-electron chi connectivity index (χ0n) is 6.69. The van der Waals surface area contributed by atoms with Gasteiger partial charge in [-0.25, -0.2) is 0 Å². The molecule has 0 radical (unpaired) electrons. The van der Waals surface area contributed by atoms with Crippen molar-refractivity contribution in [2.75, 3.05) is 0 Å². The number of nitrogens with two attached hydrogens (primary N) is 1. The van der Waals surface area contributed by atoms with Gasteiger partial charge in [-0.1, -0.05) is 0 Å². The Morgan fingerprint density at radius 2 is 2.42 bits per heavy atom. The smallest absolute Gasteiger partial charge is 0.248 e. The fourth-order valence-corrected chi connectivity index (χ4v) is 0.830. The number of aromatic nitrogens is 1.